The van der Waals surface area contributed by atoms with E-state index < -0.39 is 10.7 Å². The van der Waals surface area contributed by atoms with Crippen molar-refractivity contribution in [1.82, 2.24) is 4.90 Å². The Kier molecular flexibility index (Phi) is 8.06. The fraction of sp³-hybridized carbons (Fsp3) is 0.316. The smallest absolute Gasteiger partial charge is 0.311 e. The first-order valence-electron chi connectivity index (χ1n) is 8.42. The van der Waals surface area contributed by atoms with Gasteiger partial charge in [0.05, 0.1) is 24.3 Å². The van der Waals surface area contributed by atoms with Crippen molar-refractivity contribution in [3.05, 3.63) is 64.0 Å². The maximum atomic E-state index is 13.5. The van der Waals surface area contributed by atoms with Gasteiger partial charge in [-0.2, -0.15) is 0 Å². The summed E-state index contributed by atoms with van der Waals surface area (Å²) in [7, 11) is 3.02. The van der Waals surface area contributed by atoms with Crippen LogP contribution in [-0.2, 0) is 10.5 Å². The van der Waals surface area contributed by atoms with Gasteiger partial charge in [0.25, 0.3) is 0 Å². The number of hydrogen-bond donors (Lipinski definition) is 0. The van der Waals surface area contributed by atoms with Gasteiger partial charge in [-0.25, -0.2) is 4.39 Å². The monoisotopic (exact) mass is 408 g/mol. The largest absolute Gasteiger partial charge is 0.490 e. The zero-order valence-corrected chi connectivity index (χ0v) is 16.4. The van der Waals surface area contributed by atoms with Gasteiger partial charge in [-0.3, -0.25) is 14.9 Å². The number of likely N-dealkylation sites (N-methyl/N-ethyl adjacent to an activating group) is 1. The number of carbonyl (C=O) groups is 1. The number of hydrogen-bond acceptors (Lipinski definition) is 6. The highest BCUT2D eigenvalue weighted by molar-refractivity contribution is 7.99. The lowest BCUT2D eigenvalue weighted by Gasteiger charge is -2.17. The van der Waals surface area contributed by atoms with Crippen LogP contribution < -0.4 is 9.47 Å². The second kappa shape index (κ2) is 10.5. The van der Waals surface area contributed by atoms with Crippen LogP contribution in [0.2, 0.25) is 0 Å². The number of amides is 1. The van der Waals surface area contributed by atoms with Crippen molar-refractivity contribution in [1.29, 1.82) is 0 Å². The van der Waals surface area contributed by atoms with Gasteiger partial charge < -0.3 is 14.4 Å². The Bertz CT molecular complexity index is 834. The lowest BCUT2D eigenvalue weighted by Crippen LogP contribution is -2.32. The molecule has 0 saturated carbocycles. The molecule has 0 unspecified atom stereocenters. The van der Waals surface area contributed by atoms with E-state index in [1.54, 1.807) is 31.3 Å². The van der Waals surface area contributed by atoms with E-state index in [-0.39, 0.29) is 35.5 Å². The average molecular weight is 408 g/mol. The van der Waals surface area contributed by atoms with Crippen molar-refractivity contribution in [2.75, 3.05) is 33.1 Å². The molecule has 0 aliphatic heterocycles. The molecule has 2 rings (SSSR count). The van der Waals surface area contributed by atoms with Crippen LogP contribution in [0.15, 0.2) is 42.5 Å². The number of nitrogens with zero attached hydrogens (tertiary/aromatic N) is 2. The van der Waals surface area contributed by atoms with Gasteiger partial charge >= 0.3 is 5.69 Å². The van der Waals surface area contributed by atoms with E-state index in [2.05, 4.69) is 0 Å². The van der Waals surface area contributed by atoms with Crippen LogP contribution >= 0.6 is 11.8 Å². The number of ether oxygens (including phenoxy) is 2. The summed E-state index contributed by atoms with van der Waals surface area (Å²) in [6, 6.07) is 10.8. The Labute approximate surface area is 166 Å². The number of methoxy groups -OCH3 is 1. The van der Waals surface area contributed by atoms with Gasteiger partial charge in [-0.15, -0.1) is 11.8 Å². The van der Waals surface area contributed by atoms with Gasteiger partial charge in [0.15, 0.2) is 17.3 Å². The molecule has 0 fully saturated rings. The molecule has 1 amide bonds. The summed E-state index contributed by atoms with van der Waals surface area (Å²) in [6.07, 6.45) is 0. The number of benzene rings is 2. The van der Waals surface area contributed by atoms with Crippen LogP contribution in [0, 0.1) is 15.9 Å². The number of thioether (sulfide) groups is 1. The van der Waals surface area contributed by atoms with Crippen LogP contribution in [0.4, 0.5) is 10.1 Å². The molecule has 0 atom stereocenters. The summed E-state index contributed by atoms with van der Waals surface area (Å²) < 4.78 is 23.8. The molecule has 150 valence electrons. The Morgan fingerprint density at radius 3 is 2.68 bits per heavy atom. The van der Waals surface area contributed by atoms with Gasteiger partial charge in [0, 0.05) is 18.9 Å². The second-order valence-electron chi connectivity index (χ2n) is 5.85. The molecule has 7 nitrogen and oxygen atoms in total. The number of carbonyl (C=O) groups excluding carboxylic acids is 1. The van der Waals surface area contributed by atoms with Crippen LogP contribution in [-0.4, -0.2) is 48.8 Å². The molecule has 0 bridgehead atoms. The van der Waals surface area contributed by atoms with Crippen molar-refractivity contribution in [2.24, 2.45) is 0 Å². The number of nitro groups is 1. The first-order valence-corrected chi connectivity index (χ1v) is 9.58. The number of rotatable bonds is 10. The summed E-state index contributed by atoms with van der Waals surface area (Å²) in [4.78, 5) is 24.2. The Hall–Kier alpha value is -2.81. The molecular formula is C19H21FN2O5S. The zero-order valence-electron chi connectivity index (χ0n) is 15.6. The lowest BCUT2D eigenvalue weighted by atomic mass is 10.2. The van der Waals surface area contributed by atoms with Gasteiger partial charge in [-0.05, 0) is 23.8 Å². The zero-order chi connectivity index (χ0) is 20.5. The fourth-order valence-corrected chi connectivity index (χ4v) is 3.23. The molecule has 0 saturated heterocycles. The highest BCUT2D eigenvalue weighted by Gasteiger charge is 2.16. The van der Waals surface area contributed by atoms with E-state index in [1.165, 1.54) is 42.0 Å². The number of halogens is 1. The predicted molar refractivity (Wildman–Crippen MR) is 105 cm³/mol. The molecule has 2 aromatic rings. The van der Waals surface area contributed by atoms with E-state index in [1.807, 2.05) is 0 Å². The molecule has 0 aliphatic rings. The quantitative estimate of drug-likeness (QED) is 0.442. The molecule has 0 radical (unpaired) electrons. The standard InChI is InChI=1S/C19H21FN2O5S/c1-21(9-10-27-17-6-4-3-5-15(17)20)19(23)13-28-12-14-7-8-18(26-2)16(11-14)22(24)25/h3-8,11H,9-10,12-13H2,1-2H3. The molecule has 0 aliphatic carbocycles. The van der Waals surface area contributed by atoms with Crippen molar-refractivity contribution < 1.29 is 23.6 Å². The third kappa shape index (κ3) is 6.12. The SMILES string of the molecule is COc1ccc(CSCC(=O)N(C)CCOc2ccccc2F)cc1[N+](=O)[O-]. The van der Waals surface area contributed by atoms with Crippen LogP contribution in [0.5, 0.6) is 11.5 Å². The first-order chi connectivity index (χ1) is 13.4. The topological polar surface area (TPSA) is 81.9 Å². The predicted octanol–water partition coefficient (Wildman–Crippen LogP) is 3.51. The van der Waals surface area contributed by atoms with E-state index in [0.29, 0.717) is 12.3 Å². The maximum absolute atomic E-state index is 13.5. The van der Waals surface area contributed by atoms with Crippen molar-refractivity contribution in [3.8, 4) is 11.5 Å². The molecule has 28 heavy (non-hydrogen) atoms. The van der Waals surface area contributed by atoms with Crippen molar-refractivity contribution >= 4 is 23.4 Å². The van der Waals surface area contributed by atoms with E-state index in [4.69, 9.17) is 9.47 Å². The highest BCUT2D eigenvalue weighted by Crippen LogP contribution is 2.29. The van der Waals surface area contributed by atoms with E-state index in [0.717, 1.165) is 5.56 Å². The summed E-state index contributed by atoms with van der Waals surface area (Å²) in [5.41, 5.74) is 0.630. The first kappa shape index (κ1) is 21.5. The minimum absolute atomic E-state index is 0.102. The van der Waals surface area contributed by atoms with Gasteiger partial charge in [0.2, 0.25) is 5.91 Å². The van der Waals surface area contributed by atoms with Crippen LogP contribution in [0.3, 0.4) is 0 Å². The van der Waals surface area contributed by atoms with Gasteiger partial charge in [-0.1, -0.05) is 18.2 Å². The van der Waals surface area contributed by atoms with E-state index in [9.17, 15) is 19.3 Å². The Morgan fingerprint density at radius 1 is 1.25 bits per heavy atom. The molecule has 0 spiro atoms. The van der Waals surface area contributed by atoms with Crippen molar-refractivity contribution in [2.45, 2.75) is 5.75 Å². The van der Waals surface area contributed by atoms with E-state index >= 15 is 0 Å². The third-order valence-electron chi connectivity index (χ3n) is 3.88. The third-order valence-corrected chi connectivity index (χ3v) is 4.87. The maximum Gasteiger partial charge on any atom is 0.311 e. The van der Waals surface area contributed by atoms with Gasteiger partial charge in [0.1, 0.15) is 6.61 Å². The molecule has 2 aromatic carbocycles. The number of nitro benzene ring substituents is 1. The summed E-state index contributed by atoms with van der Waals surface area (Å²) in [6.45, 7) is 0.500. The number of para-hydroxylation sites is 1. The molecule has 0 N–H and O–H groups in total. The minimum Gasteiger partial charge on any atom is -0.490 e. The summed E-state index contributed by atoms with van der Waals surface area (Å²) in [5.74, 6) is 0.473. The second-order valence-corrected chi connectivity index (χ2v) is 6.84. The van der Waals surface area contributed by atoms with Crippen LogP contribution in [0.1, 0.15) is 5.56 Å². The summed E-state index contributed by atoms with van der Waals surface area (Å²) in [5, 5.41) is 11.1. The highest BCUT2D eigenvalue weighted by atomic mass is 32.2. The average Bonchev–Trinajstić information content (AvgIpc) is 2.69. The molecule has 0 heterocycles. The minimum atomic E-state index is -0.499. The van der Waals surface area contributed by atoms with Crippen molar-refractivity contribution in [3.63, 3.8) is 0 Å². The normalized spacial score (nSPS) is 10.4. The fourth-order valence-electron chi connectivity index (χ4n) is 2.31. The molecular weight excluding hydrogens is 387 g/mol. The summed E-state index contributed by atoms with van der Waals surface area (Å²) >= 11 is 1.35. The lowest BCUT2D eigenvalue weighted by molar-refractivity contribution is -0.385. The molecule has 9 heteroatoms. The Balaban J connectivity index is 1.76. The Morgan fingerprint density at radius 2 is 2.00 bits per heavy atom. The molecule has 0 aromatic heterocycles. The van der Waals surface area contributed by atoms with Crippen LogP contribution in [0.25, 0.3) is 0 Å².